The summed E-state index contributed by atoms with van der Waals surface area (Å²) in [6.07, 6.45) is -0.426. The van der Waals surface area contributed by atoms with Crippen molar-refractivity contribution in [3.8, 4) is 0 Å². The standard InChI is InChI=1S/C6H12F2O/c1-5(2)6(7,8)3-4-9/h5,9H,3-4H2,1-2H3. The van der Waals surface area contributed by atoms with Crippen LogP contribution in [0.15, 0.2) is 0 Å². The zero-order valence-corrected chi connectivity index (χ0v) is 5.69. The first kappa shape index (κ1) is 8.82. The molecule has 0 bridgehead atoms. The van der Waals surface area contributed by atoms with E-state index in [0.717, 1.165) is 0 Å². The number of alkyl halides is 2. The third-order valence-electron chi connectivity index (χ3n) is 1.29. The molecule has 0 saturated carbocycles. The van der Waals surface area contributed by atoms with Crippen LogP contribution in [0.4, 0.5) is 8.78 Å². The Morgan fingerprint density at radius 2 is 1.89 bits per heavy atom. The summed E-state index contributed by atoms with van der Waals surface area (Å²) < 4.78 is 24.8. The van der Waals surface area contributed by atoms with Gasteiger partial charge in [-0.2, -0.15) is 0 Å². The van der Waals surface area contributed by atoms with E-state index in [-0.39, 0.29) is 0 Å². The first-order valence-corrected chi connectivity index (χ1v) is 2.99. The summed E-state index contributed by atoms with van der Waals surface area (Å²) >= 11 is 0. The van der Waals surface area contributed by atoms with E-state index in [1.807, 2.05) is 0 Å². The van der Waals surface area contributed by atoms with Crippen LogP contribution in [0.1, 0.15) is 20.3 Å². The third-order valence-corrected chi connectivity index (χ3v) is 1.29. The zero-order valence-electron chi connectivity index (χ0n) is 5.69. The molecule has 0 saturated heterocycles. The second-order valence-corrected chi connectivity index (χ2v) is 2.39. The Hall–Kier alpha value is -0.180. The first-order valence-electron chi connectivity index (χ1n) is 2.99. The summed E-state index contributed by atoms with van der Waals surface area (Å²) in [7, 11) is 0. The van der Waals surface area contributed by atoms with Crippen LogP contribution in [-0.4, -0.2) is 17.6 Å². The molecule has 0 unspecified atom stereocenters. The van der Waals surface area contributed by atoms with Crippen LogP contribution in [0.5, 0.6) is 0 Å². The normalized spacial score (nSPS) is 12.7. The number of rotatable bonds is 3. The van der Waals surface area contributed by atoms with Gasteiger partial charge in [0.1, 0.15) is 0 Å². The van der Waals surface area contributed by atoms with Crippen molar-refractivity contribution in [2.75, 3.05) is 6.61 Å². The molecule has 9 heavy (non-hydrogen) atoms. The van der Waals surface area contributed by atoms with E-state index in [1.165, 1.54) is 13.8 Å². The highest BCUT2D eigenvalue weighted by atomic mass is 19.3. The van der Waals surface area contributed by atoms with Gasteiger partial charge in [0.15, 0.2) is 0 Å². The molecule has 0 aromatic rings. The highest BCUT2D eigenvalue weighted by Crippen LogP contribution is 2.26. The largest absolute Gasteiger partial charge is 0.396 e. The molecule has 0 aromatic heterocycles. The predicted octanol–water partition coefficient (Wildman–Crippen LogP) is 1.66. The van der Waals surface area contributed by atoms with Crippen LogP contribution in [0.2, 0.25) is 0 Å². The van der Waals surface area contributed by atoms with Gasteiger partial charge in [-0.1, -0.05) is 13.8 Å². The molecule has 3 heteroatoms. The van der Waals surface area contributed by atoms with E-state index in [9.17, 15) is 8.78 Å². The Balaban J connectivity index is 3.70. The summed E-state index contributed by atoms with van der Waals surface area (Å²) in [6.45, 7) is 2.44. The number of halogens is 2. The quantitative estimate of drug-likeness (QED) is 0.628. The molecule has 0 amide bonds. The van der Waals surface area contributed by atoms with Gasteiger partial charge in [0.05, 0.1) is 0 Å². The lowest BCUT2D eigenvalue weighted by atomic mass is 10.0. The van der Waals surface area contributed by atoms with E-state index < -0.39 is 24.9 Å². The van der Waals surface area contributed by atoms with Crippen LogP contribution in [0.3, 0.4) is 0 Å². The maximum atomic E-state index is 12.4. The fourth-order valence-corrected chi connectivity index (χ4v) is 0.438. The van der Waals surface area contributed by atoms with Crippen molar-refractivity contribution < 1.29 is 13.9 Å². The van der Waals surface area contributed by atoms with Crippen molar-refractivity contribution in [3.05, 3.63) is 0 Å². The van der Waals surface area contributed by atoms with Crippen molar-refractivity contribution in [3.63, 3.8) is 0 Å². The van der Waals surface area contributed by atoms with E-state index >= 15 is 0 Å². The van der Waals surface area contributed by atoms with Crippen LogP contribution in [0, 0.1) is 5.92 Å². The molecule has 1 nitrogen and oxygen atoms in total. The van der Waals surface area contributed by atoms with E-state index in [1.54, 1.807) is 0 Å². The topological polar surface area (TPSA) is 20.2 Å². The zero-order chi connectivity index (χ0) is 7.49. The van der Waals surface area contributed by atoms with Gasteiger partial charge >= 0.3 is 0 Å². The SMILES string of the molecule is CC(C)C(F)(F)CCO. The van der Waals surface area contributed by atoms with Gasteiger partial charge in [-0.05, 0) is 0 Å². The van der Waals surface area contributed by atoms with E-state index in [4.69, 9.17) is 5.11 Å². The maximum Gasteiger partial charge on any atom is 0.252 e. The van der Waals surface area contributed by atoms with E-state index in [2.05, 4.69) is 0 Å². The lowest BCUT2D eigenvalue weighted by Crippen LogP contribution is -2.24. The summed E-state index contributed by atoms with van der Waals surface area (Å²) in [6, 6.07) is 0. The Morgan fingerprint density at radius 3 is 2.00 bits per heavy atom. The predicted molar refractivity (Wildman–Crippen MR) is 31.5 cm³/mol. The fourth-order valence-electron chi connectivity index (χ4n) is 0.438. The lowest BCUT2D eigenvalue weighted by molar-refractivity contribution is -0.0624. The summed E-state index contributed by atoms with van der Waals surface area (Å²) in [5, 5.41) is 8.17. The minimum Gasteiger partial charge on any atom is -0.396 e. The lowest BCUT2D eigenvalue weighted by Gasteiger charge is -2.18. The Kier molecular flexibility index (Phi) is 3.04. The average molecular weight is 138 g/mol. The van der Waals surface area contributed by atoms with Crippen LogP contribution < -0.4 is 0 Å². The molecule has 0 heterocycles. The monoisotopic (exact) mass is 138 g/mol. The van der Waals surface area contributed by atoms with Crippen molar-refractivity contribution in [2.24, 2.45) is 5.92 Å². The molecule has 0 aliphatic carbocycles. The second kappa shape index (κ2) is 3.11. The van der Waals surface area contributed by atoms with Crippen molar-refractivity contribution in [2.45, 2.75) is 26.2 Å². The van der Waals surface area contributed by atoms with Gasteiger partial charge in [0.25, 0.3) is 5.92 Å². The van der Waals surface area contributed by atoms with E-state index in [0.29, 0.717) is 0 Å². The molecule has 0 aliphatic rings. The van der Waals surface area contributed by atoms with Crippen molar-refractivity contribution in [1.82, 2.24) is 0 Å². The Morgan fingerprint density at radius 1 is 1.44 bits per heavy atom. The van der Waals surface area contributed by atoms with Gasteiger partial charge in [0.2, 0.25) is 0 Å². The fraction of sp³-hybridized carbons (Fsp3) is 1.00. The minimum atomic E-state index is -2.70. The second-order valence-electron chi connectivity index (χ2n) is 2.39. The highest BCUT2D eigenvalue weighted by Gasteiger charge is 2.31. The third kappa shape index (κ3) is 2.75. The highest BCUT2D eigenvalue weighted by molar-refractivity contribution is 4.68. The number of hydrogen-bond acceptors (Lipinski definition) is 1. The van der Waals surface area contributed by atoms with Gasteiger partial charge < -0.3 is 5.11 Å². The van der Waals surface area contributed by atoms with Crippen molar-refractivity contribution in [1.29, 1.82) is 0 Å². The van der Waals surface area contributed by atoms with Crippen LogP contribution in [-0.2, 0) is 0 Å². The molecular weight excluding hydrogens is 126 g/mol. The van der Waals surface area contributed by atoms with Crippen molar-refractivity contribution >= 4 is 0 Å². The minimum absolute atomic E-state index is 0.426. The Bertz CT molecular complexity index is 81.1. The van der Waals surface area contributed by atoms with Crippen LogP contribution >= 0.6 is 0 Å². The van der Waals surface area contributed by atoms with Gasteiger partial charge in [0, 0.05) is 18.9 Å². The maximum absolute atomic E-state index is 12.4. The summed E-state index contributed by atoms with van der Waals surface area (Å²) in [4.78, 5) is 0. The summed E-state index contributed by atoms with van der Waals surface area (Å²) in [5.74, 6) is -3.38. The first-order chi connectivity index (χ1) is 4.00. The number of aliphatic hydroxyl groups is 1. The molecule has 0 radical (unpaired) electrons. The average Bonchev–Trinajstić information content (AvgIpc) is 1.65. The molecule has 0 aliphatic heterocycles. The molecule has 56 valence electrons. The smallest absolute Gasteiger partial charge is 0.252 e. The molecule has 0 spiro atoms. The van der Waals surface area contributed by atoms with Gasteiger partial charge in [-0.25, -0.2) is 8.78 Å². The molecule has 0 atom stereocenters. The molecule has 0 rings (SSSR count). The van der Waals surface area contributed by atoms with Crippen LogP contribution in [0.25, 0.3) is 0 Å². The van der Waals surface area contributed by atoms with Gasteiger partial charge in [-0.15, -0.1) is 0 Å². The molecule has 0 fully saturated rings. The molecular formula is C6H12F2O. The number of hydrogen-bond donors (Lipinski definition) is 1. The molecule has 0 aromatic carbocycles. The Labute approximate surface area is 53.7 Å². The van der Waals surface area contributed by atoms with Gasteiger partial charge in [-0.3, -0.25) is 0 Å². The molecule has 1 N–H and O–H groups in total. The number of aliphatic hydroxyl groups excluding tert-OH is 1. The summed E-state index contributed by atoms with van der Waals surface area (Å²) in [5.41, 5.74) is 0.